The van der Waals surface area contributed by atoms with Crippen LogP contribution < -0.4 is 14.8 Å². The third-order valence-electron chi connectivity index (χ3n) is 4.87. The van der Waals surface area contributed by atoms with Gasteiger partial charge < -0.3 is 19.9 Å². The Kier molecular flexibility index (Phi) is 7.44. The Morgan fingerprint density at radius 2 is 1.79 bits per heavy atom. The number of aryl methyl sites for hydroxylation is 1. The quantitative estimate of drug-likeness (QED) is 0.656. The van der Waals surface area contributed by atoms with Crippen molar-refractivity contribution in [2.75, 3.05) is 20.8 Å². The SMILES string of the molecule is COc1ccc(CCCC(=O)NCC(C)(C(=O)O)c2ccccc2)c(OC)c1. The van der Waals surface area contributed by atoms with Gasteiger partial charge in [-0.25, -0.2) is 0 Å². The molecular weight excluding hydrogens is 358 g/mol. The molecule has 6 heteroatoms. The molecule has 2 rings (SSSR count). The molecular formula is C22H27NO5. The van der Waals surface area contributed by atoms with Crippen LogP contribution in [0, 0.1) is 0 Å². The van der Waals surface area contributed by atoms with Gasteiger partial charge in [-0.15, -0.1) is 0 Å². The zero-order valence-corrected chi connectivity index (χ0v) is 16.5. The molecule has 1 unspecified atom stereocenters. The van der Waals surface area contributed by atoms with Crippen LogP contribution in [0.25, 0.3) is 0 Å². The monoisotopic (exact) mass is 385 g/mol. The highest BCUT2D eigenvalue weighted by Crippen LogP contribution is 2.26. The summed E-state index contributed by atoms with van der Waals surface area (Å²) in [6, 6.07) is 14.5. The number of rotatable bonds is 10. The number of hydrogen-bond acceptors (Lipinski definition) is 4. The van der Waals surface area contributed by atoms with Crippen molar-refractivity contribution in [1.82, 2.24) is 5.32 Å². The normalized spacial score (nSPS) is 12.7. The third kappa shape index (κ3) is 5.25. The van der Waals surface area contributed by atoms with E-state index in [4.69, 9.17) is 9.47 Å². The lowest BCUT2D eigenvalue weighted by Gasteiger charge is -2.25. The summed E-state index contributed by atoms with van der Waals surface area (Å²) >= 11 is 0. The van der Waals surface area contributed by atoms with Crippen LogP contribution in [0.3, 0.4) is 0 Å². The van der Waals surface area contributed by atoms with E-state index < -0.39 is 11.4 Å². The Bertz CT molecular complexity index is 806. The van der Waals surface area contributed by atoms with Gasteiger partial charge in [0, 0.05) is 19.0 Å². The molecule has 2 aromatic carbocycles. The van der Waals surface area contributed by atoms with Crippen LogP contribution in [0.2, 0.25) is 0 Å². The lowest BCUT2D eigenvalue weighted by Crippen LogP contribution is -2.44. The molecule has 0 spiro atoms. The Hall–Kier alpha value is -3.02. The summed E-state index contributed by atoms with van der Waals surface area (Å²) in [6.07, 6.45) is 1.61. The van der Waals surface area contributed by atoms with Gasteiger partial charge in [0.25, 0.3) is 0 Å². The van der Waals surface area contributed by atoms with Crippen molar-refractivity contribution < 1.29 is 24.2 Å². The standard InChI is InChI=1S/C22H27NO5/c1-22(21(25)26,17-9-5-4-6-10-17)15-23-20(24)11-7-8-16-12-13-18(27-2)14-19(16)28-3/h4-6,9-10,12-14H,7-8,11,15H2,1-3H3,(H,23,24)(H,25,26). The fourth-order valence-electron chi connectivity index (χ4n) is 2.97. The van der Waals surface area contributed by atoms with Crippen molar-refractivity contribution in [1.29, 1.82) is 0 Å². The molecule has 0 aromatic heterocycles. The van der Waals surface area contributed by atoms with E-state index in [9.17, 15) is 14.7 Å². The number of hydrogen-bond donors (Lipinski definition) is 2. The molecule has 0 saturated carbocycles. The molecule has 0 fully saturated rings. The molecule has 0 bridgehead atoms. The van der Waals surface area contributed by atoms with Gasteiger partial charge in [-0.1, -0.05) is 36.4 Å². The number of carbonyl (C=O) groups excluding carboxylic acids is 1. The molecule has 0 aliphatic rings. The molecule has 0 aliphatic heterocycles. The van der Waals surface area contributed by atoms with Crippen LogP contribution in [0.15, 0.2) is 48.5 Å². The predicted octanol–water partition coefficient (Wildman–Crippen LogP) is 3.19. The molecule has 0 heterocycles. The average molecular weight is 385 g/mol. The maximum absolute atomic E-state index is 12.2. The van der Waals surface area contributed by atoms with E-state index in [1.165, 1.54) is 0 Å². The van der Waals surface area contributed by atoms with Crippen molar-refractivity contribution in [3.63, 3.8) is 0 Å². The Morgan fingerprint density at radius 3 is 2.39 bits per heavy atom. The topological polar surface area (TPSA) is 84.9 Å². The highest BCUT2D eigenvalue weighted by atomic mass is 16.5. The first-order valence-corrected chi connectivity index (χ1v) is 9.17. The number of carboxylic acid groups (broad SMARTS) is 1. The second-order valence-electron chi connectivity index (χ2n) is 6.81. The van der Waals surface area contributed by atoms with Crippen LogP contribution in [-0.4, -0.2) is 37.7 Å². The molecule has 28 heavy (non-hydrogen) atoms. The second-order valence-corrected chi connectivity index (χ2v) is 6.81. The third-order valence-corrected chi connectivity index (χ3v) is 4.87. The molecule has 2 aromatic rings. The Balaban J connectivity index is 1.90. The highest BCUT2D eigenvalue weighted by molar-refractivity contribution is 5.83. The number of benzene rings is 2. The minimum absolute atomic E-state index is 0.0387. The van der Waals surface area contributed by atoms with E-state index in [0.29, 0.717) is 30.6 Å². The van der Waals surface area contributed by atoms with Crippen LogP contribution in [0.4, 0.5) is 0 Å². The zero-order valence-electron chi connectivity index (χ0n) is 16.5. The maximum Gasteiger partial charge on any atom is 0.315 e. The van der Waals surface area contributed by atoms with Gasteiger partial charge in [0.2, 0.25) is 5.91 Å². The van der Waals surface area contributed by atoms with Crippen molar-refractivity contribution in [3.8, 4) is 11.5 Å². The van der Waals surface area contributed by atoms with Crippen LogP contribution in [0.5, 0.6) is 11.5 Å². The summed E-state index contributed by atoms with van der Waals surface area (Å²) < 4.78 is 10.5. The van der Waals surface area contributed by atoms with E-state index in [-0.39, 0.29) is 12.5 Å². The number of ether oxygens (including phenoxy) is 2. The maximum atomic E-state index is 12.2. The van der Waals surface area contributed by atoms with E-state index >= 15 is 0 Å². The smallest absolute Gasteiger partial charge is 0.315 e. The minimum Gasteiger partial charge on any atom is -0.497 e. The van der Waals surface area contributed by atoms with E-state index in [1.54, 1.807) is 45.4 Å². The first-order valence-electron chi connectivity index (χ1n) is 9.17. The Morgan fingerprint density at radius 1 is 1.07 bits per heavy atom. The van der Waals surface area contributed by atoms with Gasteiger partial charge in [-0.3, -0.25) is 9.59 Å². The van der Waals surface area contributed by atoms with Gasteiger partial charge in [-0.2, -0.15) is 0 Å². The van der Waals surface area contributed by atoms with E-state index in [2.05, 4.69) is 5.32 Å². The number of aliphatic carboxylic acids is 1. The van der Waals surface area contributed by atoms with Crippen molar-refractivity contribution >= 4 is 11.9 Å². The highest BCUT2D eigenvalue weighted by Gasteiger charge is 2.35. The number of carboxylic acids is 1. The summed E-state index contributed by atoms with van der Waals surface area (Å²) in [5.41, 5.74) is 0.484. The summed E-state index contributed by atoms with van der Waals surface area (Å²) in [6.45, 7) is 1.66. The Labute approximate surface area is 165 Å². The summed E-state index contributed by atoms with van der Waals surface area (Å²) in [5.74, 6) is 0.298. The molecule has 1 amide bonds. The number of carbonyl (C=O) groups is 2. The average Bonchev–Trinajstić information content (AvgIpc) is 2.72. The molecule has 0 radical (unpaired) electrons. The van der Waals surface area contributed by atoms with Crippen molar-refractivity contribution in [3.05, 3.63) is 59.7 Å². The second kappa shape index (κ2) is 9.78. The lowest BCUT2D eigenvalue weighted by atomic mass is 9.82. The molecule has 150 valence electrons. The van der Waals surface area contributed by atoms with Crippen molar-refractivity contribution in [2.45, 2.75) is 31.6 Å². The van der Waals surface area contributed by atoms with Gasteiger partial charge >= 0.3 is 5.97 Å². The van der Waals surface area contributed by atoms with Crippen LogP contribution in [-0.2, 0) is 21.4 Å². The summed E-state index contributed by atoms with van der Waals surface area (Å²) in [7, 11) is 3.19. The number of nitrogens with one attached hydrogen (secondary N) is 1. The van der Waals surface area contributed by atoms with Gasteiger partial charge in [0.05, 0.1) is 14.2 Å². The predicted molar refractivity (Wildman–Crippen MR) is 107 cm³/mol. The van der Waals surface area contributed by atoms with E-state index in [1.807, 2.05) is 24.3 Å². The molecule has 1 atom stereocenters. The number of methoxy groups -OCH3 is 2. The van der Waals surface area contributed by atoms with Crippen LogP contribution in [0.1, 0.15) is 30.9 Å². The molecule has 0 saturated heterocycles. The fourth-order valence-corrected chi connectivity index (χ4v) is 2.97. The minimum atomic E-state index is -1.17. The van der Waals surface area contributed by atoms with E-state index in [0.717, 1.165) is 11.3 Å². The molecule has 2 N–H and O–H groups in total. The largest absolute Gasteiger partial charge is 0.497 e. The summed E-state index contributed by atoms with van der Waals surface area (Å²) in [5, 5.41) is 12.4. The summed E-state index contributed by atoms with van der Waals surface area (Å²) in [4.78, 5) is 24.0. The number of amides is 1. The lowest BCUT2D eigenvalue weighted by molar-refractivity contribution is -0.143. The fraction of sp³-hybridized carbons (Fsp3) is 0.364. The first kappa shape index (κ1) is 21.3. The van der Waals surface area contributed by atoms with Crippen LogP contribution >= 0.6 is 0 Å². The van der Waals surface area contributed by atoms with Gasteiger partial charge in [0.1, 0.15) is 16.9 Å². The zero-order chi connectivity index (χ0) is 20.6. The van der Waals surface area contributed by atoms with Gasteiger partial charge in [-0.05, 0) is 37.0 Å². The first-order chi connectivity index (χ1) is 13.4. The molecule has 6 nitrogen and oxygen atoms in total. The van der Waals surface area contributed by atoms with Crippen molar-refractivity contribution in [2.24, 2.45) is 0 Å². The molecule has 0 aliphatic carbocycles. The van der Waals surface area contributed by atoms with Gasteiger partial charge in [0.15, 0.2) is 0 Å².